The molecule has 3 aromatic rings. The molecular formula is C19H17ClN4O2. The number of benzene rings is 2. The van der Waals surface area contributed by atoms with Crippen molar-refractivity contribution in [2.75, 3.05) is 31.1 Å². The number of nitrogens with zero attached hydrogens (tertiary/aromatic N) is 4. The molecule has 0 radical (unpaired) electrons. The molecule has 1 aromatic heterocycles. The first-order chi connectivity index (χ1) is 12.7. The number of anilines is 1. The van der Waals surface area contributed by atoms with Crippen LogP contribution >= 0.6 is 11.6 Å². The van der Waals surface area contributed by atoms with E-state index < -0.39 is 0 Å². The third-order valence-electron chi connectivity index (χ3n) is 4.39. The summed E-state index contributed by atoms with van der Waals surface area (Å²) in [6.07, 6.45) is 0. The van der Waals surface area contributed by atoms with E-state index in [2.05, 4.69) is 27.2 Å². The van der Waals surface area contributed by atoms with Crippen LogP contribution in [0.2, 0.25) is 5.02 Å². The summed E-state index contributed by atoms with van der Waals surface area (Å²) >= 11 is 5.88. The summed E-state index contributed by atoms with van der Waals surface area (Å²) in [6.45, 7) is 2.78. The number of rotatable bonds is 3. The molecule has 0 saturated carbocycles. The largest absolute Gasteiger partial charge is 0.412 e. The SMILES string of the molecule is O=C(c1nnc(-c2ccc(Cl)cc2)o1)N1CCN(c2ccccc2)CC1. The second-order valence-corrected chi connectivity index (χ2v) is 6.47. The summed E-state index contributed by atoms with van der Waals surface area (Å²) in [5.74, 6) is 0.0986. The van der Waals surface area contributed by atoms with E-state index in [-0.39, 0.29) is 11.8 Å². The van der Waals surface area contributed by atoms with Gasteiger partial charge in [-0.2, -0.15) is 0 Å². The molecule has 1 fully saturated rings. The standard InChI is InChI=1S/C19H17ClN4O2/c20-15-8-6-14(7-9-15)17-21-22-18(26-17)19(25)24-12-10-23(11-13-24)16-4-2-1-3-5-16/h1-9H,10-13H2. The summed E-state index contributed by atoms with van der Waals surface area (Å²) in [5.41, 5.74) is 1.90. The Morgan fingerprint density at radius 3 is 2.31 bits per heavy atom. The molecule has 0 atom stereocenters. The number of carbonyl (C=O) groups is 1. The first-order valence-electron chi connectivity index (χ1n) is 8.39. The van der Waals surface area contributed by atoms with Gasteiger partial charge in [-0.15, -0.1) is 10.2 Å². The minimum absolute atomic E-state index is 0.0168. The van der Waals surface area contributed by atoms with Crippen molar-refractivity contribution in [2.24, 2.45) is 0 Å². The van der Waals surface area contributed by atoms with E-state index in [1.165, 1.54) is 5.69 Å². The van der Waals surface area contributed by atoms with Gasteiger partial charge in [0.15, 0.2) is 0 Å². The predicted molar refractivity (Wildman–Crippen MR) is 99.3 cm³/mol. The molecule has 4 rings (SSSR count). The van der Waals surface area contributed by atoms with E-state index in [1.807, 2.05) is 18.2 Å². The zero-order chi connectivity index (χ0) is 17.9. The smallest absolute Gasteiger partial charge is 0.311 e. The van der Waals surface area contributed by atoms with Crippen LogP contribution in [0.5, 0.6) is 0 Å². The topological polar surface area (TPSA) is 62.5 Å². The maximum absolute atomic E-state index is 12.6. The fourth-order valence-corrected chi connectivity index (χ4v) is 3.09. The normalized spacial score (nSPS) is 14.5. The van der Waals surface area contributed by atoms with E-state index in [4.69, 9.17) is 16.0 Å². The molecule has 0 bridgehead atoms. The molecule has 132 valence electrons. The summed E-state index contributed by atoms with van der Waals surface area (Å²) in [4.78, 5) is 16.6. The van der Waals surface area contributed by atoms with Gasteiger partial charge in [0.1, 0.15) is 0 Å². The third-order valence-corrected chi connectivity index (χ3v) is 4.64. The maximum Gasteiger partial charge on any atom is 0.311 e. The van der Waals surface area contributed by atoms with E-state index in [0.29, 0.717) is 24.0 Å². The highest BCUT2D eigenvalue weighted by Crippen LogP contribution is 2.21. The molecular weight excluding hydrogens is 352 g/mol. The lowest BCUT2D eigenvalue weighted by atomic mass is 10.2. The number of carbonyl (C=O) groups excluding carboxylic acids is 1. The Hall–Kier alpha value is -2.86. The Balaban J connectivity index is 1.42. The van der Waals surface area contributed by atoms with Gasteiger partial charge in [-0.3, -0.25) is 4.79 Å². The van der Waals surface area contributed by atoms with Crippen molar-refractivity contribution >= 4 is 23.2 Å². The molecule has 0 spiro atoms. The summed E-state index contributed by atoms with van der Waals surface area (Å²) in [5, 5.41) is 8.52. The van der Waals surface area contributed by atoms with Crippen molar-refractivity contribution in [2.45, 2.75) is 0 Å². The van der Waals surface area contributed by atoms with Gasteiger partial charge in [0, 0.05) is 42.5 Å². The molecule has 1 amide bonds. The van der Waals surface area contributed by atoms with Crippen LogP contribution in [0, 0.1) is 0 Å². The number of hydrogen-bond donors (Lipinski definition) is 0. The van der Waals surface area contributed by atoms with Crippen LogP contribution in [-0.4, -0.2) is 47.2 Å². The molecule has 0 aliphatic carbocycles. The van der Waals surface area contributed by atoms with Gasteiger partial charge in [-0.25, -0.2) is 0 Å². The van der Waals surface area contributed by atoms with Crippen LogP contribution in [0.15, 0.2) is 59.0 Å². The molecule has 0 unspecified atom stereocenters. The molecule has 1 aliphatic heterocycles. The highest BCUT2D eigenvalue weighted by atomic mass is 35.5. The predicted octanol–water partition coefficient (Wildman–Crippen LogP) is 3.35. The number of amides is 1. The summed E-state index contributed by atoms with van der Waals surface area (Å²) in [7, 11) is 0. The molecule has 1 aliphatic rings. The van der Waals surface area contributed by atoms with E-state index in [9.17, 15) is 4.79 Å². The molecule has 2 aromatic carbocycles. The number of piperazine rings is 1. The summed E-state index contributed by atoms with van der Waals surface area (Å²) in [6, 6.07) is 17.2. The van der Waals surface area contributed by atoms with Crippen LogP contribution in [0.1, 0.15) is 10.7 Å². The second-order valence-electron chi connectivity index (χ2n) is 6.03. The average Bonchev–Trinajstić information content (AvgIpc) is 3.19. The zero-order valence-electron chi connectivity index (χ0n) is 14.0. The lowest BCUT2D eigenvalue weighted by molar-refractivity contribution is 0.0707. The quantitative estimate of drug-likeness (QED) is 0.709. The molecule has 7 heteroatoms. The fourth-order valence-electron chi connectivity index (χ4n) is 2.96. The van der Waals surface area contributed by atoms with E-state index >= 15 is 0 Å². The second kappa shape index (κ2) is 7.17. The van der Waals surface area contributed by atoms with Crippen LogP contribution in [0.4, 0.5) is 5.69 Å². The van der Waals surface area contributed by atoms with Gasteiger partial charge in [-0.05, 0) is 36.4 Å². The Kier molecular flexibility index (Phi) is 4.58. The van der Waals surface area contributed by atoms with Crippen molar-refractivity contribution in [3.8, 4) is 11.5 Å². The zero-order valence-corrected chi connectivity index (χ0v) is 14.8. The molecule has 0 N–H and O–H groups in total. The van der Waals surface area contributed by atoms with Gasteiger partial charge in [-0.1, -0.05) is 29.8 Å². The lowest BCUT2D eigenvalue weighted by Gasteiger charge is -2.35. The van der Waals surface area contributed by atoms with Gasteiger partial charge in [0.2, 0.25) is 5.89 Å². The number of hydrogen-bond acceptors (Lipinski definition) is 5. The van der Waals surface area contributed by atoms with E-state index in [1.54, 1.807) is 29.2 Å². The minimum atomic E-state index is -0.231. The lowest BCUT2D eigenvalue weighted by Crippen LogP contribution is -2.48. The van der Waals surface area contributed by atoms with Gasteiger partial charge >= 0.3 is 11.8 Å². The molecule has 1 saturated heterocycles. The number of para-hydroxylation sites is 1. The maximum atomic E-state index is 12.6. The number of aromatic nitrogens is 2. The monoisotopic (exact) mass is 368 g/mol. The molecule has 26 heavy (non-hydrogen) atoms. The first kappa shape index (κ1) is 16.6. The van der Waals surface area contributed by atoms with E-state index in [0.717, 1.165) is 18.7 Å². The van der Waals surface area contributed by atoms with Crippen LogP contribution in [0.3, 0.4) is 0 Å². The Labute approximate surface area is 156 Å². The minimum Gasteiger partial charge on any atom is -0.412 e. The fraction of sp³-hybridized carbons (Fsp3) is 0.211. The third kappa shape index (κ3) is 3.41. The van der Waals surface area contributed by atoms with Crippen LogP contribution in [-0.2, 0) is 0 Å². The van der Waals surface area contributed by atoms with Gasteiger partial charge < -0.3 is 14.2 Å². The highest BCUT2D eigenvalue weighted by Gasteiger charge is 2.26. The molecule has 6 nitrogen and oxygen atoms in total. The average molecular weight is 369 g/mol. The first-order valence-corrected chi connectivity index (χ1v) is 8.77. The summed E-state index contributed by atoms with van der Waals surface area (Å²) < 4.78 is 5.57. The van der Waals surface area contributed by atoms with Crippen molar-refractivity contribution in [3.63, 3.8) is 0 Å². The van der Waals surface area contributed by atoms with Crippen molar-refractivity contribution < 1.29 is 9.21 Å². The highest BCUT2D eigenvalue weighted by molar-refractivity contribution is 6.30. The van der Waals surface area contributed by atoms with Crippen LogP contribution in [0.25, 0.3) is 11.5 Å². The van der Waals surface area contributed by atoms with Crippen molar-refractivity contribution in [1.82, 2.24) is 15.1 Å². The Morgan fingerprint density at radius 1 is 0.923 bits per heavy atom. The van der Waals surface area contributed by atoms with Crippen molar-refractivity contribution in [1.29, 1.82) is 0 Å². The Bertz CT molecular complexity index is 887. The molecule has 2 heterocycles. The number of halogens is 1. The Morgan fingerprint density at radius 2 is 1.62 bits per heavy atom. The van der Waals surface area contributed by atoms with Gasteiger partial charge in [0.05, 0.1) is 0 Å². The van der Waals surface area contributed by atoms with Crippen LogP contribution < -0.4 is 4.90 Å². The van der Waals surface area contributed by atoms with Gasteiger partial charge in [0.25, 0.3) is 0 Å². The van der Waals surface area contributed by atoms with Crippen molar-refractivity contribution in [3.05, 3.63) is 65.5 Å².